The van der Waals surface area contributed by atoms with Gasteiger partial charge in [-0.15, -0.1) is 12.4 Å². The lowest BCUT2D eigenvalue weighted by Crippen LogP contribution is -2.37. The van der Waals surface area contributed by atoms with Gasteiger partial charge < -0.3 is 5.73 Å². The average Bonchev–Trinajstić information content (AvgIpc) is 2.79. The monoisotopic (exact) mass is 315 g/mol. The second-order valence-electron chi connectivity index (χ2n) is 6.46. The van der Waals surface area contributed by atoms with Gasteiger partial charge in [0.25, 0.3) is 0 Å². The van der Waals surface area contributed by atoms with Gasteiger partial charge in [-0.3, -0.25) is 9.97 Å². The van der Waals surface area contributed by atoms with E-state index in [-0.39, 0.29) is 23.9 Å². The summed E-state index contributed by atoms with van der Waals surface area (Å²) in [5, 5.41) is 0. The molecule has 1 heterocycles. The molecule has 1 aromatic carbocycles. The first-order valence-corrected chi connectivity index (χ1v) is 7.93. The van der Waals surface area contributed by atoms with Crippen LogP contribution in [-0.4, -0.2) is 9.97 Å². The number of rotatable bonds is 1. The standard InChI is InChI=1S/C18H21N3.ClH/c19-17-14-7-3-2-6-13(14)16(15-12-20-10-11-21-15)18(17)8-4-1-5-9-18;/h2-3,6-7,10-12,16-17H,1,4-5,8-9,19H2;1H. The number of hydrogen-bond acceptors (Lipinski definition) is 3. The van der Waals surface area contributed by atoms with Crippen molar-refractivity contribution in [1.82, 2.24) is 9.97 Å². The van der Waals surface area contributed by atoms with Gasteiger partial charge in [-0.2, -0.15) is 0 Å². The fourth-order valence-electron chi connectivity index (χ4n) is 4.58. The number of aromatic nitrogens is 2. The van der Waals surface area contributed by atoms with E-state index in [1.54, 1.807) is 12.4 Å². The van der Waals surface area contributed by atoms with E-state index in [2.05, 4.69) is 34.2 Å². The van der Waals surface area contributed by atoms with Crippen LogP contribution in [0, 0.1) is 5.41 Å². The maximum absolute atomic E-state index is 6.74. The number of hydrogen-bond donors (Lipinski definition) is 1. The molecule has 2 aliphatic rings. The highest BCUT2D eigenvalue weighted by atomic mass is 35.5. The molecule has 2 N–H and O–H groups in total. The van der Waals surface area contributed by atoms with E-state index in [1.807, 2.05) is 6.20 Å². The van der Waals surface area contributed by atoms with Crippen LogP contribution in [0.1, 0.15) is 60.9 Å². The summed E-state index contributed by atoms with van der Waals surface area (Å²) in [6.45, 7) is 0. The van der Waals surface area contributed by atoms with Gasteiger partial charge in [0.15, 0.2) is 0 Å². The quantitative estimate of drug-likeness (QED) is 0.865. The first-order valence-electron chi connectivity index (χ1n) is 7.93. The van der Waals surface area contributed by atoms with E-state index in [0.717, 1.165) is 5.69 Å². The Hall–Kier alpha value is -1.45. The van der Waals surface area contributed by atoms with E-state index >= 15 is 0 Å². The molecule has 0 bridgehead atoms. The van der Waals surface area contributed by atoms with Gasteiger partial charge in [-0.1, -0.05) is 43.5 Å². The van der Waals surface area contributed by atoms with E-state index in [1.165, 1.54) is 43.2 Å². The third-order valence-corrected chi connectivity index (χ3v) is 5.50. The van der Waals surface area contributed by atoms with Crippen LogP contribution in [0.4, 0.5) is 0 Å². The Morgan fingerprint density at radius 1 is 1.00 bits per heavy atom. The molecular weight excluding hydrogens is 294 g/mol. The van der Waals surface area contributed by atoms with Crippen LogP contribution in [-0.2, 0) is 0 Å². The van der Waals surface area contributed by atoms with Gasteiger partial charge in [-0.25, -0.2) is 0 Å². The van der Waals surface area contributed by atoms with Gasteiger partial charge in [0.05, 0.1) is 5.69 Å². The van der Waals surface area contributed by atoms with Crippen LogP contribution in [0.3, 0.4) is 0 Å². The minimum absolute atomic E-state index is 0. The lowest BCUT2D eigenvalue weighted by molar-refractivity contribution is 0.138. The molecule has 2 aliphatic carbocycles. The van der Waals surface area contributed by atoms with Gasteiger partial charge >= 0.3 is 0 Å². The molecule has 0 radical (unpaired) electrons. The third-order valence-electron chi connectivity index (χ3n) is 5.50. The molecule has 1 aromatic heterocycles. The van der Waals surface area contributed by atoms with Gasteiger partial charge in [-0.05, 0) is 24.0 Å². The van der Waals surface area contributed by atoms with Gasteiger partial charge in [0.2, 0.25) is 0 Å². The van der Waals surface area contributed by atoms with E-state index in [4.69, 9.17) is 5.73 Å². The lowest BCUT2D eigenvalue weighted by Gasteiger charge is -2.42. The van der Waals surface area contributed by atoms with Crippen molar-refractivity contribution in [2.45, 2.75) is 44.1 Å². The molecule has 1 saturated carbocycles. The maximum atomic E-state index is 6.74. The molecule has 4 rings (SSSR count). The third kappa shape index (κ3) is 2.15. The van der Waals surface area contributed by atoms with E-state index < -0.39 is 0 Å². The highest BCUT2D eigenvalue weighted by Gasteiger charge is 2.52. The van der Waals surface area contributed by atoms with Crippen molar-refractivity contribution in [2.24, 2.45) is 11.1 Å². The van der Waals surface area contributed by atoms with Crippen LogP contribution in [0.25, 0.3) is 0 Å². The molecule has 2 aromatic rings. The smallest absolute Gasteiger partial charge is 0.0667 e. The number of benzene rings is 1. The molecular formula is C18H22ClN3. The summed E-state index contributed by atoms with van der Waals surface area (Å²) in [6, 6.07) is 8.79. The lowest BCUT2D eigenvalue weighted by atomic mass is 9.63. The summed E-state index contributed by atoms with van der Waals surface area (Å²) in [5.74, 6) is 0.303. The Morgan fingerprint density at radius 3 is 2.41 bits per heavy atom. The van der Waals surface area contributed by atoms with Gasteiger partial charge in [0, 0.05) is 36.0 Å². The van der Waals surface area contributed by atoms with Crippen molar-refractivity contribution in [3.63, 3.8) is 0 Å². The van der Waals surface area contributed by atoms with Crippen molar-refractivity contribution in [3.8, 4) is 0 Å². The van der Waals surface area contributed by atoms with Crippen molar-refractivity contribution in [3.05, 3.63) is 59.7 Å². The van der Waals surface area contributed by atoms with Crippen molar-refractivity contribution in [1.29, 1.82) is 0 Å². The number of fused-ring (bicyclic) bond motifs is 1. The molecule has 116 valence electrons. The first kappa shape index (κ1) is 15.4. The first-order chi connectivity index (χ1) is 10.3. The number of nitrogens with two attached hydrogens (primary N) is 1. The molecule has 0 aliphatic heterocycles. The predicted octanol–water partition coefficient (Wildman–Crippen LogP) is 3.99. The fraction of sp³-hybridized carbons (Fsp3) is 0.444. The largest absolute Gasteiger partial charge is 0.323 e. The van der Waals surface area contributed by atoms with E-state index in [0.29, 0.717) is 5.92 Å². The molecule has 0 amide bonds. The van der Waals surface area contributed by atoms with Crippen molar-refractivity contribution in [2.75, 3.05) is 0 Å². The summed E-state index contributed by atoms with van der Waals surface area (Å²) in [4.78, 5) is 8.93. The maximum Gasteiger partial charge on any atom is 0.0667 e. The summed E-state index contributed by atoms with van der Waals surface area (Å²) in [5.41, 5.74) is 10.6. The Labute approximate surface area is 137 Å². The summed E-state index contributed by atoms with van der Waals surface area (Å²) in [6.07, 6.45) is 11.8. The van der Waals surface area contributed by atoms with Crippen LogP contribution < -0.4 is 5.73 Å². The zero-order valence-corrected chi connectivity index (χ0v) is 13.4. The van der Waals surface area contributed by atoms with Gasteiger partial charge in [0.1, 0.15) is 0 Å². The SMILES string of the molecule is Cl.NC1c2ccccc2C(c2cnccn2)C12CCCCC2. The Bertz CT molecular complexity index is 638. The molecule has 3 nitrogen and oxygen atoms in total. The van der Waals surface area contributed by atoms with Crippen LogP contribution >= 0.6 is 12.4 Å². The second kappa shape index (κ2) is 5.98. The minimum atomic E-state index is 0. The summed E-state index contributed by atoms with van der Waals surface area (Å²) < 4.78 is 0. The Kier molecular flexibility index (Phi) is 4.20. The Balaban J connectivity index is 0.00000144. The topological polar surface area (TPSA) is 51.8 Å². The van der Waals surface area contributed by atoms with E-state index in [9.17, 15) is 0 Å². The molecule has 2 atom stereocenters. The normalized spacial score (nSPS) is 25.5. The van der Waals surface area contributed by atoms with Crippen LogP contribution in [0.15, 0.2) is 42.9 Å². The highest BCUT2D eigenvalue weighted by molar-refractivity contribution is 5.85. The highest BCUT2D eigenvalue weighted by Crippen LogP contribution is 2.61. The molecule has 2 unspecified atom stereocenters. The van der Waals surface area contributed by atoms with Crippen molar-refractivity contribution < 1.29 is 0 Å². The number of halogens is 1. The van der Waals surface area contributed by atoms with Crippen molar-refractivity contribution >= 4 is 12.4 Å². The zero-order valence-electron chi connectivity index (χ0n) is 12.6. The zero-order chi connectivity index (χ0) is 14.3. The Morgan fingerprint density at radius 2 is 1.73 bits per heavy atom. The average molecular weight is 316 g/mol. The number of nitrogens with zero attached hydrogens (tertiary/aromatic N) is 2. The van der Waals surface area contributed by atoms with Crippen LogP contribution in [0.2, 0.25) is 0 Å². The molecule has 1 fully saturated rings. The predicted molar refractivity (Wildman–Crippen MR) is 90.0 cm³/mol. The molecule has 1 spiro atoms. The van der Waals surface area contributed by atoms with Crippen LogP contribution in [0.5, 0.6) is 0 Å². The summed E-state index contributed by atoms with van der Waals surface area (Å²) in [7, 11) is 0. The minimum Gasteiger partial charge on any atom is -0.323 e. The molecule has 22 heavy (non-hydrogen) atoms. The second-order valence-corrected chi connectivity index (χ2v) is 6.46. The molecule has 4 heteroatoms. The molecule has 0 saturated heterocycles. The summed E-state index contributed by atoms with van der Waals surface area (Å²) >= 11 is 0. The fourth-order valence-corrected chi connectivity index (χ4v) is 4.58.